The quantitative estimate of drug-likeness (QED) is 0.183. The Morgan fingerprint density at radius 3 is 1.57 bits per heavy atom. The van der Waals surface area contributed by atoms with Gasteiger partial charge in [-0.25, -0.2) is 0 Å². The lowest BCUT2D eigenvalue weighted by Gasteiger charge is -2.07. The third-order valence-electron chi connectivity index (χ3n) is 7.03. The molecule has 0 aliphatic carbocycles. The minimum atomic E-state index is 0.989. The zero-order valence-corrected chi connectivity index (χ0v) is 22.3. The summed E-state index contributed by atoms with van der Waals surface area (Å²) in [7, 11) is 0. The van der Waals surface area contributed by atoms with E-state index in [4.69, 9.17) is 4.98 Å². The molecule has 0 radical (unpaired) electrons. The minimum absolute atomic E-state index is 0.989. The van der Waals surface area contributed by atoms with E-state index in [-0.39, 0.29) is 0 Å². The summed E-state index contributed by atoms with van der Waals surface area (Å²) in [6, 6.07) is 17.7. The van der Waals surface area contributed by atoms with Crippen LogP contribution in [0.4, 0.5) is 0 Å². The summed E-state index contributed by atoms with van der Waals surface area (Å²) in [6.07, 6.45) is 23.7. The minimum Gasteiger partial charge on any atom is -0.261 e. The van der Waals surface area contributed by atoms with Crippen molar-refractivity contribution in [2.24, 2.45) is 0 Å². The van der Waals surface area contributed by atoms with E-state index in [0.717, 1.165) is 17.7 Å². The Balaban J connectivity index is 1.43. The molecule has 0 aliphatic heterocycles. The van der Waals surface area contributed by atoms with E-state index in [0.29, 0.717) is 0 Å². The Morgan fingerprint density at radius 1 is 0.457 bits per heavy atom. The fraction of sp³-hybridized carbons (Fsp3) is 0.515. The molecule has 2 aromatic heterocycles. The van der Waals surface area contributed by atoms with Gasteiger partial charge in [-0.2, -0.15) is 0 Å². The summed E-state index contributed by atoms with van der Waals surface area (Å²) in [4.78, 5) is 9.42. The highest BCUT2D eigenvalue weighted by molar-refractivity contribution is 5.66. The molecule has 2 nitrogen and oxygen atoms in total. The van der Waals surface area contributed by atoms with Crippen LogP contribution in [-0.2, 0) is 12.8 Å². The molecule has 0 atom stereocenters. The number of aryl methyl sites for hydroxylation is 2. The highest BCUT2D eigenvalue weighted by Gasteiger charge is 2.04. The van der Waals surface area contributed by atoms with Crippen LogP contribution < -0.4 is 0 Å². The molecule has 0 saturated carbocycles. The van der Waals surface area contributed by atoms with Gasteiger partial charge in [0.15, 0.2) is 0 Å². The summed E-state index contributed by atoms with van der Waals surface area (Å²) in [5.74, 6) is 0. The third kappa shape index (κ3) is 9.96. The van der Waals surface area contributed by atoms with E-state index in [1.807, 2.05) is 12.4 Å². The Bertz CT molecular complexity index is 926. The molecule has 0 spiro atoms. The maximum Gasteiger partial charge on any atom is 0.0717 e. The highest BCUT2D eigenvalue weighted by atomic mass is 14.7. The van der Waals surface area contributed by atoms with Crippen LogP contribution in [0, 0.1) is 0 Å². The summed E-state index contributed by atoms with van der Waals surface area (Å²) < 4.78 is 0. The van der Waals surface area contributed by atoms with Gasteiger partial charge in [0, 0.05) is 29.2 Å². The molecule has 0 aliphatic rings. The van der Waals surface area contributed by atoms with Gasteiger partial charge in [-0.05, 0) is 55.0 Å². The SMILES string of the molecule is CCCCCCCCCc1ccc(-c2ccc(-c3ccc(CCCCCCCC)nc3)nc2)cc1. The van der Waals surface area contributed by atoms with Crippen LogP contribution in [0.3, 0.4) is 0 Å². The van der Waals surface area contributed by atoms with Crippen LogP contribution in [0.1, 0.15) is 109 Å². The molecule has 0 saturated heterocycles. The first-order valence-corrected chi connectivity index (χ1v) is 14.3. The molecular weight excluding hydrogens is 424 g/mol. The molecule has 188 valence electrons. The molecule has 1 aromatic carbocycles. The van der Waals surface area contributed by atoms with Crippen LogP contribution in [0.2, 0.25) is 0 Å². The van der Waals surface area contributed by atoms with Crippen molar-refractivity contribution in [2.75, 3.05) is 0 Å². The first-order valence-electron chi connectivity index (χ1n) is 14.3. The molecule has 35 heavy (non-hydrogen) atoms. The maximum absolute atomic E-state index is 4.73. The molecule has 0 fully saturated rings. The maximum atomic E-state index is 4.73. The van der Waals surface area contributed by atoms with Crippen LogP contribution in [0.25, 0.3) is 22.4 Å². The number of rotatable bonds is 17. The van der Waals surface area contributed by atoms with E-state index in [1.54, 1.807) is 0 Å². The van der Waals surface area contributed by atoms with Gasteiger partial charge in [0.1, 0.15) is 0 Å². The molecule has 0 unspecified atom stereocenters. The molecule has 0 amide bonds. The first kappa shape index (κ1) is 27.1. The number of nitrogens with zero attached hydrogens (tertiary/aromatic N) is 2. The molecule has 0 bridgehead atoms. The number of aromatic nitrogens is 2. The number of hydrogen-bond acceptors (Lipinski definition) is 2. The molecule has 0 N–H and O–H groups in total. The second-order valence-electron chi connectivity index (χ2n) is 10.1. The third-order valence-corrected chi connectivity index (χ3v) is 7.03. The summed E-state index contributed by atoms with van der Waals surface area (Å²) >= 11 is 0. The van der Waals surface area contributed by atoms with Crippen LogP contribution in [-0.4, -0.2) is 9.97 Å². The summed E-state index contributed by atoms with van der Waals surface area (Å²) in [5.41, 5.74) is 7.12. The number of hydrogen-bond donors (Lipinski definition) is 0. The van der Waals surface area contributed by atoms with Gasteiger partial charge >= 0.3 is 0 Å². The Kier molecular flexibility index (Phi) is 12.6. The van der Waals surface area contributed by atoms with Crippen molar-refractivity contribution in [3.05, 3.63) is 72.2 Å². The van der Waals surface area contributed by atoms with Gasteiger partial charge in [0.2, 0.25) is 0 Å². The molecule has 3 aromatic rings. The van der Waals surface area contributed by atoms with Gasteiger partial charge in [-0.15, -0.1) is 0 Å². The van der Waals surface area contributed by atoms with Crippen LogP contribution >= 0.6 is 0 Å². The van der Waals surface area contributed by atoms with E-state index in [2.05, 4.69) is 67.4 Å². The summed E-state index contributed by atoms with van der Waals surface area (Å²) in [5, 5.41) is 0. The van der Waals surface area contributed by atoms with E-state index in [1.165, 1.54) is 112 Å². The average Bonchev–Trinajstić information content (AvgIpc) is 2.91. The van der Waals surface area contributed by atoms with Crippen molar-refractivity contribution in [3.8, 4) is 22.4 Å². The highest BCUT2D eigenvalue weighted by Crippen LogP contribution is 2.23. The predicted octanol–water partition coefficient (Wildman–Crippen LogP) is 10.0. The Hall–Kier alpha value is -2.48. The lowest BCUT2D eigenvalue weighted by Crippen LogP contribution is -1.92. The predicted molar refractivity (Wildman–Crippen MR) is 152 cm³/mol. The van der Waals surface area contributed by atoms with Gasteiger partial charge < -0.3 is 0 Å². The lowest BCUT2D eigenvalue weighted by molar-refractivity contribution is 0.589. The topological polar surface area (TPSA) is 25.8 Å². The van der Waals surface area contributed by atoms with E-state index < -0.39 is 0 Å². The van der Waals surface area contributed by atoms with Gasteiger partial charge in [0.05, 0.1) is 5.69 Å². The van der Waals surface area contributed by atoms with Crippen molar-refractivity contribution in [2.45, 2.75) is 110 Å². The molecule has 3 rings (SSSR count). The first-order chi connectivity index (χ1) is 17.3. The molecule has 2 heteroatoms. The smallest absolute Gasteiger partial charge is 0.0717 e. The molecule has 2 heterocycles. The largest absolute Gasteiger partial charge is 0.261 e. The number of pyridine rings is 2. The average molecular weight is 471 g/mol. The van der Waals surface area contributed by atoms with Crippen molar-refractivity contribution in [1.82, 2.24) is 9.97 Å². The Labute approximate surface area is 214 Å². The van der Waals surface area contributed by atoms with E-state index >= 15 is 0 Å². The van der Waals surface area contributed by atoms with Gasteiger partial charge in [-0.3, -0.25) is 9.97 Å². The monoisotopic (exact) mass is 470 g/mol. The van der Waals surface area contributed by atoms with Crippen LogP contribution in [0.5, 0.6) is 0 Å². The summed E-state index contributed by atoms with van der Waals surface area (Å²) in [6.45, 7) is 4.55. The zero-order chi connectivity index (χ0) is 24.6. The number of benzene rings is 1. The van der Waals surface area contributed by atoms with Crippen molar-refractivity contribution >= 4 is 0 Å². The van der Waals surface area contributed by atoms with Crippen molar-refractivity contribution in [1.29, 1.82) is 0 Å². The second-order valence-corrected chi connectivity index (χ2v) is 10.1. The standard InChI is InChI=1S/C33H46N2/c1-3-5-7-9-11-12-14-16-28-18-20-29(21-19-28)30-23-25-33(35-26-30)31-22-24-32(34-27-31)17-15-13-10-8-6-4-2/h18-27H,3-17H2,1-2H3. The fourth-order valence-electron chi connectivity index (χ4n) is 4.70. The van der Waals surface area contributed by atoms with Gasteiger partial charge in [0.25, 0.3) is 0 Å². The molecular formula is C33H46N2. The van der Waals surface area contributed by atoms with Crippen molar-refractivity contribution < 1.29 is 0 Å². The van der Waals surface area contributed by atoms with Gasteiger partial charge in [-0.1, -0.05) is 115 Å². The fourth-order valence-corrected chi connectivity index (χ4v) is 4.70. The Morgan fingerprint density at radius 2 is 1.00 bits per heavy atom. The normalized spacial score (nSPS) is 11.1. The second kappa shape index (κ2) is 16.2. The van der Waals surface area contributed by atoms with Crippen molar-refractivity contribution in [3.63, 3.8) is 0 Å². The number of unbranched alkanes of at least 4 members (excludes halogenated alkanes) is 11. The lowest BCUT2D eigenvalue weighted by atomic mass is 10.0. The van der Waals surface area contributed by atoms with E-state index in [9.17, 15) is 0 Å². The van der Waals surface area contributed by atoms with Crippen LogP contribution in [0.15, 0.2) is 60.9 Å². The zero-order valence-electron chi connectivity index (χ0n) is 22.3.